The standard InChI is InChI=1S/C24H30N2O2.2C2H2O4/c1-5-13-25(14-6-2)17-21-19-9-12-24(28)22(20(19)10-11-23(21)27)18-26(15-7-3)16-8-4;2*3-1(4)2(5)6/h5-12,27-28H,1-4,13-18H2;2*(H,3,4)(H,5,6). The summed E-state index contributed by atoms with van der Waals surface area (Å²) in [5.74, 6) is -6.80. The third kappa shape index (κ3) is 12.1. The van der Waals surface area contributed by atoms with Gasteiger partial charge in [-0.2, -0.15) is 0 Å². The van der Waals surface area contributed by atoms with Gasteiger partial charge < -0.3 is 30.6 Å². The zero-order chi connectivity index (χ0) is 30.8. The molecule has 6 N–H and O–H groups in total. The Hall–Kier alpha value is -4.94. The summed E-state index contributed by atoms with van der Waals surface area (Å²) in [5.41, 5.74) is 1.67. The van der Waals surface area contributed by atoms with Gasteiger partial charge in [0.25, 0.3) is 0 Å². The van der Waals surface area contributed by atoms with Crippen molar-refractivity contribution < 1.29 is 49.8 Å². The van der Waals surface area contributed by atoms with Gasteiger partial charge >= 0.3 is 23.9 Å². The predicted molar refractivity (Wildman–Crippen MR) is 149 cm³/mol. The lowest BCUT2D eigenvalue weighted by Crippen LogP contribution is -2.24. The largest absolute Gasteiger partial charge is 0.508 e. The first-order chi connectivity index (χ1) is 18.8. The number of aliphatic carboxylic acids is 4. The van der Waals surface area contributed by atoms with E-state index in [-0.39, 0.29) is 11.5 Å². The van der Waals surface area contributed by atoms with Gasteiger partial charge in [0.1, 0.15) is 11.5 Å². The van der Waals surface area contributed by atoms with Gasteiger partial charge in [-0.15, -0.1) is 26.3 Å². The van der Waals surface area contributed by atoms with Crippen LogP contribution in [0.2, 0.25) is 0 Å². The van der Waals surface area contributed by atoms with E-state index in [9.17, 15) is 10.2 Å². The first-order valence-electron chi connectivity index (χ1n) is 11.6. The molecule has 0 saturated heterocycles. The summed E-state index contributed by atoms with van der Waals surface area (Å²) in [6, 6.07) is 7.14. The number of rotatable bonds is 12. The van der Waals surface area contributed by atoms with Crippen LogP contribution in [-0.4, -0.2) is 90.5 Å². The number of fused-ring (bicyclic) bond motifs is 1. The van der Waals surface area contributed by atoms with E-state index in [1.54, 1.807) is 12.1 Å². The van der Waals surface area contributed by atoms with Crippen molar-refractivity contribution >= 4 is 34.6 Å². The minimum Gasteiger partial charge on any atom is -0.508 e. The van der Waals surface area contributed by atoms with Crippen molar-refractivity contribution in [2.45, 2.75) is 13.1 Å². The number of carbonyl (C=O) groups is 4. The van der Waals surface area contributed by atoms with Crippen molar-refractivity contribution in [3.05, 3.63) is 86.0 Å². The van der Waals surface area contributed by atoms with Gasteiger partial charge in [-0.3, -0.25) is 9.80 Å². The predicted octanol–water partition coefficient (Wildman–Crippen LogP) is 2.91. The van der Waals surface area contributed by atoms with Crippen molar-refractivity contribution in [2.24, 2.45) is 0 Å². The Balaban J connectivity index is 0.00000106. The summed E-state index contributed by atoms with van der Waals surface area (Å²) in [5, 5.41) is 52.5. The molecule has 0 atom stereocenters. The minimum absolute atomic E-state index is 0.247. The van der Waals surface area contributed by atoms with Crippen LogP contribution < -0.4 is 0 Å². The molecule has 12 nitrogen and oxygen atoms in total. The second kappa shape index (κ2) is 18.3. The Morgan fingerprint density at radius 1 is 0.550 bits per heavy atom. The molecule has 40 heavy (non-hydrogen) atoms. The average molecular weight is 559 g/mol. The van der Waals surface area contributed by atoms with Crippen molar-refractivity contribution in [3.63, 3.8) is 0 Å². The zero-order valence-electron chi connectivity index (χ0n) is 21.9. The van der Waals surface area contributed by atoms with Crippen LogP contribution >= 0.6 is 0 Å². The lowest BCUT2D eigenvalue weighted by molar-refractivity contribution is -0.159. The van der Waals surface area contributed by atoms with Gasteiger partial charge in [-0.1, -0.05) is 36.4 Å². The fraction of sp³-hybridized carbons (Fsp3) is 0.214. The van der Waals surface area contributed by atoms with Crippen molar-refractivity contribution in [3.8, 4) is 11.5 Å². The Kier molecular flexibility index (Phi) is 16.1. The van der Waals surface area contributed by atoms with E-state index in [0.29, 0.717) is 39.3 Å². The molecular weight excluding hydrogens is 524 g/mol. The van der Waals surface area contributed by atoms with E-state index in [2.05, 4.69) is 36.1 Å². The molecule has 0 unspecified atom stereocenters. The third-order valence-electron chi connectivity index (χ3n) is 5.05. The first-order valence-corrected chi connectivity index (χ1v) is 11.6. The summed E-state index contributed by atoms with van der Waals surface area (Å²) in [6.07, 6.45) is 7.35. The topological polar surface area (TPSA) is 196 Å². The Bertz CT molecular complexity index is 1100. The van der Waals surface area contributed by atoms with Crippen molar-refractivity contribution in [2.75, 3.05) is 26.2 Å². The molecule has 12 heteroatoms. The number of hydrogen-bond acceptors (Lipinski definition) is 8. The van der Waals surface area contributed by atoms with E-state index in [0.717, 1.165) is 21.9 Å². The smallest absolute Gasteiger partial charge is 0.414 e. The average Bonchev–Trinajstić information content (AvgIpc) is 2.88. The van der Waals surface area contributed by atoms with E-state index < -0.39 is 23.9 Å². The minimum atomic E-state index is -1.82. The SMILES string of the molecule is C=CCN(CC=C)Cc1c(O)ccc2c(CN(CC=C)CC=C)c(O)ccc12.O=C(O)C(=O)O.O=C(O)C(=O)O. The third-order valence-corrected chi connectivity index (χ3v) is 5.05. The number of nitrogens with zero attached hydrogens (tertiary/aromatic N) is 2. The Morgan fingerprint density at radius 3 is 1.00 bits per heavy atom. The number of phenols is 2. The lowest BCUT2D eigenvalue weighted by Gasteiger charge is -2.23. The molecule has 0 aliphatic carbocycles. The number of carboxylic acids is 4. The molecule has 0 spiro atoms. The second-order valence-corrected chi connectivity index (χ2v) is 7.99. The summed E-state index contributed by atoms with van der Waals surface area (Å²) in [6.45, 7) is 19.1. The molecule has 0 aromatic heterocycles. The van der Waals surface area contributed by atoms with E-state index in [1.807, 2.05) is 36.4 Å². The van der Waals surface area contributed by atoms with Gasteiger partial charge in [0, 0.05) is 50.4 Å². The highest BCUT2D eigenvalue weighted by molar-refractivity contribution is 6.27. The van der Waals surface area contributed by atoms with Crippen LogP contribution in [0.4, 0.5) is 0 Å². The maximum Gasteiger partial charge on any atom is 0.414 e. The van der Waals surface area contributed by atoms with Crippen LogP contribution in [0.25, 0.3) is 10.8 Å². The van der Waals surface area contributed by atoms with Gasteiger partial charge in [0.15, 0.2) is 0 Å². The molecule has 0 radical (unpaired) electrons. The molecular formula is C28H34N2O10. The van der Waals surface area contributed by atoms with Gasteiger partial charge in [0.2, 0.25) is 0 Å². The highest BCUT2D eigenvalue weighted by atomic mass is 16.4. The van der Waals surface area contributed by atoms with Gasteiger partial charge in [-0.05, 0) is 22.9 Å². The highest BCUT2D eigenvalue weighted by Crippen LogP contribution is 2.35. The number of aromatic hydroxyl groups is 2. The normalized spacial score (nSPS) is 9.95. The quantitative estimate of drug-likeness (QED) is 0.165. The summed E-state index contributed by atoms with van der Waals surface area (Å²) in [4.78, 5) is 40.7. The molecule has 0 aliphatic rings. The molecule has 0 heterocycles. The molecule has 0 amide bonds. The molecule has 216 valence electrons. The number of hydrogen-bond donors (Lipinski definition) is 6. The van der Waals surface area contributed by atoms with Crippen LogP contribution in [0, 0.1) is 0 Å². The maximum atomic E-state index is 10.5. The van der Waals surface area contributed by atoms with Crippen molar-refractivity contribution in [1.29, 1.82) is 0 Å². The molecule has 0 bridgehead atoms. The number of benzene rings is 2. The fourth-order valence-electron chi connectivity index (χ4n) is 3.42. The van der Waals surface area contributed by atoms with Crippen LogP contribution in [0.1, 0.15) is 11.1 Å². The van der Waals surface area contributed by atoms with E-state index in [1.165, 1.54) is 0 Å². The highest BCUT2D eigenvalue weighted by Gasteiger charge is 2.16. The summed E-state index contributed by atoms with van der Waals surface area (Å²) >= 11 is 0. The number of phenolic OH excluding ortho intramolecular Hbond substituents is 2. The van der Waals surface area contributed by atoms with Crippen LogP contribution in [0.5, 0.6) is 11.5 Å². The maximum absolute atomic E-state index is 10.5. The van der Waals surface area contributed by atoms with Crippen LogP contribution in [0.15, 0.2) is 74.9 Å². The van der Waals surface area contributed by atoms with E-state index >= 15 is 0 Å². The Labute approximate surface area is 231 Å². The summed E-state index contributed by atoms with van der Waals surface area (Å²) < 4.78 is 0. The molecule has 0 saturated carbocycles. The second-order valence-electron chi connectivity index (χ2n) is 7.99. The lowest BCUT2D eigenvalue weighted by atomic mass is 9.97. The zero-order valence-corrected chi connectivity index (χ0v) is 21.9. The monoisotopic (exact) mass is 558 g/mol. The summed E-state index contributed by atoms with van der Waals surface area (Å²) in [7, 11) is 0. The number of carboxylic acid groups (broad SMARTS) is 4. The Morgan fingerprint density at radius 2 is 0.800 bits per heavy atom. The molecule has 0 fully saturated rings. The van der Waals surface area contributed by atoms with Crippen LogP contribution in [0.3, 0.4) is 0 Å². The molecule has 2 aromatic rings. The van der Waals surface area contributed by atoms with Crippen molar-refractivity contribution in [1.82, 2.24) is 9.80 Å². The van der Waals surface area contributed by atoms with E-state index in [4.69, 9.17) is 39.6 Å². The van der Waals surface area contributed by atoms with Gasteiger partial charge in [-0.25, -0.2) is 19.2 Å². The molecule has 2 aromatic carbocycles. The fourth-order valence-corrected chi connectivity index (χ4v) is 3.42. The van der Waals surface area contributed by atoms with Gasteiger partial charge in [0.05, 0.1) is 0 Å². The molecule has 2 rings (SSSR count). The first kappa shape index (κ1) is 35.1. The van der Waals surface area contributed by atoms with Crippen LogP contribution in [-0.2, 0) is 32.3 Å². The molecule has 0 aliphatic heterocycles.